The molecule has 0 saturated heterocycles. The van der Waals surface area contributed by atoms with Crippen LogP contribution in [-0.4, -0.2) is 4.98 Å². The van der Waals surface area contributed by atoms with Crippen LogP contribution in [0.5, 0.6) is 0 Å². The summed E-state index contributed by atoms with van der Waals surface area (Å²) in [6.45, 7) is 2.21. The summed E-state index contributed by atoms with van der Waals surface area (Å²) in [6.07, 6.45) is 4.82. The van der Waals surface area contributed by atoms with E-state index >= 15 is 0 Å². The molecule has 1 aliphatic carbocycles. The molecular formula is C22H26F3N. The fraction of sp³-hybridized carbons (Fsp3) is 0.500. The number of rotatable bonds is 5. The van der Waals surface area contributed by atoms with E-state index in [2.05, 4.69) is 36.2 Å². The normalized spacial score (nSPS) is 20.9. The van der Waals surface area contributed by atoms with E-state index in [1.54, 1.807) is 6.07 Å². The Kier molecular flexibility index (Phi) is 6.00. The number of aryl methyl sites for hydroxylation is 1. The molecule has 140 valence electrons. The molecule has 1 aromatic heterocycles. The topological polar surface area (TPSA) is 12.9 Å². The molecule has 2 aromatic rings. The minimum atomic E-state index is -4.36. The number of hydrogen-bond donors (Lipinski definition) is 0. The molecule has 0 radical (unpaired) electrons. The summed E-state index contributed by atoms with van der Waals surface area (Å²) < 4.78 is 37.9. The number of hydrogen-bond acceptors (Lipinski definition) is 1. The zero-order chi connectivity index (χ0) is 18.6. The van der Waals surface area contributed by atoms with Gasteiger partial charge in [-0.1, -0.05) is 43.7 Å². The van der Waals surface area contributed by atoms with Gasteiger partial charge >= 0.3 is 6.18 Å². The number of alkyl halides is 3. The lowest BCUT2D eigenvalue weighted by atomic mass is 9.76. The van der Waals surface area contributed by atoms with Crippen LogP contribution in [0.25, 0.3) is 0 Å². The average molecular weight is 361 g/mol. The van der Waals surface area contributed by atoms with E-state index in [0.29, 0.717) is 11.8 Å². The number of aromatic nitrogens is 1. The molecular weight excluding hydrogens is 335 g/mol. The van der Waals surface area contributed by atoms with E-state index in [4.69, 9.17) is 0 Å². The molecule has 1 fully saturated rings. The Morgan fingerprint density at radius 3 is 1.96 bits per heavy atom. The van der Waals surface area contributed by atoms with Crippen molar-refractivity contribution in [2.75, 3.05) is 0 Å². The van der Waals surface area contributed by atoms with Crippen molar-refractivity contribution in [2.45, 2.75) is 69.9 Å². The molecule has 0 spiro atoms. The summed E-state index contributed by atoms with van der Waals surface area (Å²) in [5.74, 6) is 0.888. The number of halogens is 3. The van der Waals surface area contributed by atoms with Crippen molar-refractivity contribution in [3.8, 4) is 0 Å². The molecule has 3 rings (SSSR count). The largest absolute Gasteiger partial charge is 0.433 e. The average Bonchev–Trinajstić information content (AvgIpc) is 2.66. The molecule has 0 unspecified atom stereocenters. The monoisotopic (exact) mass is 361 g/mol. The lowest BCUT2D eigenvalue weighted by Gasteiger charge is -2.29. The first-order chi connectivity index (χ1) is 12.5. The predicted octanol–water partition coefficient (Wildman–Crippen LogP) is 6.88. The lowest BCUT2D eigenvalue weighted by Crippen LogP contribution is -2.13. The first-order valence-corrected chi connectivity index (χ1v) is 9.59. The van der Waals surface area contributed by atoms with Gasteiger partial charge in [-0.2, -0.15) is 13.2 Å². The number of pyridine rings is 1. The van der Waals surface area contributed by atoms with Crippen LogP contribution in [0, 0.1) is 0 Å². The van der Waals surface area contributed by atoms with Gasteiger partial charge in [0.05, 0.1) is 0 Å². The molecule has 1 aromatic carbocycles. The lowest BCUT2D eigenvalue weighted by molar-refractivity contribution is -0.141. The van der Waals surface area contributed by atoms with Gasteiger partial charge in [0, 0.05) is 6.20 Å². The third-order valence-electron chi connectivity index (χ3n) is 5.55. The fourth-order valence-corrected chi connectivity index (χ4v) is 3.91. The fourth-order valence-electron chi connectivity index (χ4n) is 3.91. The maximum Gasteiger partial charge on any atom is 0.433 e. The van der Waals surface area contributed by atoms with Crippen LogP contribution in [-0.2, 0) is 12.6 Å². The van der Waals surface area contributed by atoms with Crippen LogP contribution < -0.4 is 0 Å². The molecule has 26 heavy (non-hydrogen) atoms. The maximum atomic E-state index is 12.6. The minimum Gasteiger partial charge on any atom is -0.251 e. The van der Waals surface area contributed by atoms with Crippen LogP contribution in [0.1, 0.15) is 79.7 Å². The predicted molar refractivity (Wildman–Crippen MR) is 98.2 cm³/mol. The third kappa shape index (κ3) is 4.66. The van der Waals surface area contributed by atoms with Gasteiger partial charge < -0.3 is 0 Å². The van der Waals surface area contributed by atoms with Gasteiger partial charge in [0.25, 0.3) is 0 Å². The van der Waals surface area contributed by atoms with Crippen molar-refractivity contribution in [3.63, 3.8) is 0 Å². The van der Waals surface area contributed by atoms with Crippen molar-refractivity contribution < 1.29 is 13.2 Å². The molecule has 0 aliphatic heterocycles. The highest BCUT2D eigenvalue weighted by molar-refractivity contribution is 5.27. The number of benzene rings is 1. The van der Waals surface area contributed by atoms with Crippen molar-refractivity contribution in [3.05, 3.63) is 65.0 Å². The van der Waals surface area contributed by atoms with Gasteiger partial charge in [0.2, 0.25) is 0 Å². The highest BCUT2D eigenvalue weighted by atomic mass is 19.4. The summed E-state index contributed by atoms with van der Waals surface area (Å²) in [5, 5.41) is 0. The highest BCUT2D eigenvalue weighted by Crippen LogP contribution is 2.40. The van der Waals surface area contributed by atoms with Crippen LogP contribution in [0.2, 0.25) is 0 Å². The third-order valence-corrected chi connectivity index (χ3v) is 5.55. The summed E-state index contributed by atoms with van der Waals surface area (Å²) in [7, 11) is 0. The van der Waals surface area contributed by atoms with Crippen LogP contribution in [0.4, 0.5) is 13.2 Å². The molecule has 1 nitrogen and oxygen atoms in total. The van der Waals surface area contributed by atoms with Crippen molar-refractivity contribution in [1.82, 2.24) is 4.98 Å². The second kappa shape index (κ2) is 8.24. The van der Waals surface area contributed by atoms with E-state index in [9.17, 15) is 13.2 Å². The Bertz CT molecular complexity index is 681. The Morgan fingerprint density at radius 1 is 0.885 bits per heavy atom. The van der Waals surface area contributed by atoms with E-state index in [1.807, 2.05) is 0 Å². The van der Waals surface area contributed by atoms with Gasteiger partial charge in [0.1, 0.15) is 5.69 Å². The van der Waals surface area contributed by atoms with E-state index in [0.717, 1.165) is 43.7 Å². The second-order valence-electron chi connectivity index (χ2n) is 7.37. The maximum absolute atomic E-state index is 12.6. The van der Waals surface area contributed by atoms with Gasteiger partial charge in [-0.05, 0) is 73.1 Å². The van der Waals surface area contributed by atoms with E-state index in [1.165, 1.54) is 30.2 Å². The van der Waals surface area contributed by atoms with Crippen LogP contribution in [0.3, 0.4) is 0 Å². The Hall–Kier alpha value is -1.84. The Morgan fingerprint density at radius 2 is 1.46 bits per heavy atom. The Balaban J connectivity index is 1.57. The summed E-state index contributed by atoms with van der Waals surface area (Å²) in [4.78, 5) is 3.61. The zero-order valence-corrected chi connectivity index (χ0v) is 15.2. The van der Waals surface area contributed by atoms with E-state index in [-0.39, 0.29) is 0 Å². The molecule has 0 atom stereocenters. The number of nitrogens with zero attached hydrogens (tertiary/aromatic N) is 1. The molecule has 0 N–H and O–H groups in total. The van der Waals surface area contributed by atoms with Crippen molar-refractivity contribution in [2.24, 2.45) is 0 Å². The minimum absolute atomic E-state index is 0.324. The zero-order valence-electron chi connectivity index (χ0n) is 15.2. The summed E-state index contributed by atoms with van der Waals surface area (Å²) in [5.41, 5.74) is 2.93. The number of unbranched alkanes of at least 4 members (excludes halogenated alkanes) is 1. The quantitative estimate of drug-likeness (QED) is 0.565. The van der Waals surface area contributed by atoms with E-state index < -0.39 is 11.9 Å². The van der Waals surface area contributed by atoms with Crippen molar-refractivity contribution >= 4 is 0 Å². The first kappa shape index (κ1) is 18.9. The van der Waals surface area contributed by atoms with Crippen molar-refractivity contribution in [1.29, 1.82) is 0 Å². The summed E-state index contributed by atoms with van der Waals surface area (Å²) >= 11 is 0. The smallest absolute Gasteiger partial charge is 0.251 e. The second-order valence-corrected chi connectivity index (χ2v) is 7.37. The highest BCUT2D eigenvalue weighted by Gasteiger charge is 2.32. The molecule has 0 bridgehead atoms. The van der Waals surface area contributed by atoms with Gasteiger partial charge in [-0.25, -0.2) is 0 Å². The first-order valence-electron chi connectivity index (χ1n) is 9.59. The summed E-state index contributed by atoms with van der Waals surface area (Å²) in [6, 6.07) is 11.7. The standard InChI is InChI=1S/C22H26F3N/c1-2-3-4-16-5-7-17(8-6-16)18-9-11-19(12-10-18)20-13-14-21(26-15-20)22(23,24)25/h5-8,13-15,18-19H,2-4,9-12H2,1H3. The van der Waals surface area contributed by atoms with Gasteiger partial charge in [0.15, 0.2) is 0 Å². The Labute approximate surface area is 153 Å². The molecule has 1 heterocycles. The molecule has 1 aliphatic rings. The van der Waals surface area contributed by atoms with Crippen LogP contribution in [0.15, 0.2) is 42.6 Å². The SMILES string of the molecule is CCCCc1ccc(C2CCC(c3ccc(C(F)(F)F)nc3)CC2)cc1. The van der Waals surface area contributed by atoms with Crippen LogP contribution >= 0.6 is 0 Å². The molecule has 4 heteroatoms. The molecule has 0 amide bonds. The van der Waals surface area contributed by atoms with Gasteiger partial charge in [-0.15, -0.1) is 0 Å². The molecule has 1 saturated carbocycles. The van der Waals surface area contributed by atoms with Gasteiger partial charge in [-0.3, -0.25) is 4.98 Å².